The fraction of sp³-hybridized carbons (Fsp3) is 0.167. The second-order valence-corrected chi connectivity index (χ2v) is 6.58. The molecule has 3 rings (SSSR count). The molecule has 0 aliphatic carbocycles. The summed E-state index contributed by atoms with van der Waals surface area (Å²) in [6, 6.07) is 17.0. The maximum atomic E-state index is 12.2. The molecule has 5 nitrogen and oxygen atoms in total. The molecule has 7 heteroatoms. The van der Waals surface area contributed by atoms with Gasteiger partial charge in [0.05, 0.1) is 16.5 Å². The number of benzene rings is 2. The minimum Gasteiger partial charge on any atom is -0.324 e. The van der Waals surface area contributed by atoms with Crippen molar-refractivity contribution in [3.8, 4) is 11.4 Å². The van der Waals surface area contributed by atoms with E-state index in [1.165, 1.54) is 11.8 Å². The van der Waals surface area contributed by atoms with Crippen LogP contribution in [0.4, 0.5) is 5.69 Å². The summed E-state index contributed by atoms with van der Waals surface area (Å²) in [5.74, 6) is 0.903. The van der Waals surface area contributed by atoms with E-state index >= 15 is 0 Å². The summed E-state index contributed by atoms with van der Waals surface area (Å²) < 4.78 is 2.00. The van der Waals surface area contributed by atoms with Crippen molar-refractivity contribution in [2.75, 3.05) is 11.1 Å². The minimum atomic E-state index is -0.134. The number of nitrogens with one attached hydrogen (secondary N) is 1. The summed E-state index contributed by atoms with van der Waals surface area (Å²) in [5, 5.41) is 12.5. The molecule has 0 saturated heterocycles. The van der Waals surface area contributed by atoms with Crippen LogP contribution in [0.3, 0.4) is 0 Å². The van der Waals surface area contributed by atoms with E-state index in [1.807, 2.05) is 54.0 Å². The molecule has 0 saturated carbocycles. The van der Waals surface area contributed by atoms with E-state index in [2.05, 4.69) is 15.5 Å². The molecule has 128 valence electrons. The SMILES string of the molecule is CCn1c(SCC(=O)Nc2ccccc2Cl)nnc1-c1ccccc1. The zero-order valence-electron chi connectivity index (χ0n) is 13.6. The highest BCUT2D eigenvalue weighted by atomic mass is 35.5. The Bertz CT molecular complexity index is 867. The van der Waals surface area contributed by atoms with E-state index in [-0.39, 0.29) is 11.7 Å². The van der Waals surface area contributed by atoms with Crippen molar-refractivity contribution in [3.63, 3.8) is 0 Å². The number of amides is 1. The second kappa shape index (κ2) is 8.18. The molecular formula is C18H17ClN4OS. The van der Waals surface area contributed by atoms with Gasteiger partial charge < -0.3 is 9.88 Å². The Morgan fingerprint density at radius 2 is 1.84 bits per heavy atom. The summed E-state index contributed by atoms with van der Waals surface area (Å²) >= 11 is 7.41. The van der Waals surface area contributed by atoms with E-state index in [1.54, 1.807) is 12.1 Å². The Kier molecular flexibility index (Phi) is 5.73. The molecule has 0 radical (unpaired) electrons. The normalized spacial score (nSPS) is 10.6. The standard InChI is InChI=1S/C18H17ClN4OS/c1-2-23-17(13-8-4-3-5-9-13)21-22-18(23)25-12-16(24)20-15-11-7-6-10-14(15)19/h3-11H,2,12H2,1H3,(H,20,24). The largest absolute Gasteiger partial charge is 0.324 e. The number of thioether (sulfide) groups is 1. The molecule has 0 unspecified atom stereocenters. The molecule has 0 atom stereocenters. The number of hydrogen-bond acceptors (Lipinski definition) is 4. The minimum absolute atomic E-state index is 0.134. The first-order valence-electron chi connectivity index (χ1n) is 7.85. The smallest absolute Gasteiger partial charge is 0.234 e. The Balaban J connectivity index is 1.68. The highest BCUT2D eigenvalue weighted by molar-refractivity contribution is 7.99. The van der Waals surface area contributed by atoms with Gasteiger partial charge in [0.1, 0.15) is 0 Å². The van der Waals surface area contributed by atoms with Crippen molar-refractivity contribution in [3.05, 3.63) is 59.6 Å². The molecule has 0 aliphatic heterocycles. The van der Waals surface area contributed by atoms with Gasteiger partial charge in [-0.3, -0.25) is 4.79 Å². The lowest BCUT2D eigenvalue weighted by molar-refractivity contribution is -0.113. The van der Waals surface area contributed by atoms with Crippen LogP contribution in [0.15, 0.2) is 59.8 Å². The van der Waals surface area contributed by atoms with Crippen molar-refractivity contribution in [2.45, 2.75) is 18.6 Å². The average molecular weight is 373 g/mol. The number of carbonyl (C=O) groups is 1. The predicted molar refractivity (Wildman–Crippen MR) is 102 cm³/mol. The van der Waals surface area contributed by atoms with E-state index in [9.17, 15) is 4.79 Å². The molecule has 25 heavy (non-hydrogen) atoms. The van der Waals surface area contributed by atoms with Crippen molar-refractivity contribution in [2.24, 2.45) is 0 Å². The van der Waals surface area contributed by atoms with Gasteiger partial charge in [-0.25, -0.2) is 0 Å². The molecule has 2 aromatic carbocycles. The number of rotatable bonds is 6. The Labute approximate surface area is 155 Å². The monoisotopic (exact) mass is 372 g/mol. The van der Waals surface area contributed by atoms with Crippen LogP contribution in [0, 0.1) is 0 Å². The molecule has 1 aromatic heterocycles. The summed E-state index contributed by atoms with van der Waals surface area (Å²) in [5.41, 5.74) is 1.61. The molecule has 0 bridgehead atoms. The number of hydrogen-bond donors (Lipinski definition) is 1. The van der Waals surface area contributed by atoms with Gasteiger partial charge in [-0.2, -0.15) is 0 Å². The zero-order chi connectivity index (χ0) is 17.6. The van der Waals surface area contributed by atoms with E-state index in [0.29, 0.717) is 10.7 Å². The maximum absolute atomic E-state index is 12.2. The van der Waals surface area contributed by atoms with Crippen molar-refractivity contribution in [1.82, 2.24) is 14.8 Å². The van der Waals surface area contributed by atoms with Gasteiger partial charge in [0.15, 0.2) is 11.0 Å². The fourth-order valence-electron chi connectivity index (χ4n) is 2.36. The Hall–Kier alpha value is -2.31. The molecule has 1 heterocycles. The van der Waals surface area contributed by atoms with Crippen molar-refractivity contribution >= 4 is 35.0 Å². The maximum Gasteiger partial charge on any atom is 0.234 e. The van der Waals surface area contributed by atoms with Crippen LogP contribution in [0.1, 0.15) is 6.92 Å². The topological polar surface area (TPSA) is 59.8 Å². The van der Waals surface area contributed by atoms with Gasteiger partial charge >= 0.3 is 0 Å². The van der Waals surface area contributed by atoms with E-state index in [4.69, 9.17) is 11.6 Å². The van der Waals surface area contributed by atoms with Crippen LogP contribution in [-0.2, 0) is 11.3 Å². The molecule has 0 spiro atoms. The number of nitrogens with zero attached hydrogens (tertiary/aromatic N) is 3. The lowest BCUT2D eigenvalue weighted by Crippen LogP contribution is -2.15. The van der Waals surface area contributed by atoms with E-state index in [0.717, 1.165) is 23.1 Å². The van der Waals surface area contributed by atoms with E-state index < -0.39 is 0 Å². The third kappa shape index (κ3) is 4.21. The van der Waals surface area contributed by atoms with Gasteiger partial charge in [-0.15, -0.1) is 10.2 Å². The van der Waals surface area contributed by atoms with Crippen molar-refractivity contribution in [1.29, 1.82) is 0 Å². The third-order valence-electron chi connectivity index (χ3n) is 3.55. The Morgan fingerprint density at radius 3 is 2.56 bits per heavy atom. The first kappa shape index (κ1) is 17.5. The molecule has 1 amide bonds. The summed E-state index contributed by atoms with van der Waals surface area (Å²) in [7, 11) is 0. The molecular weight excluding hydrogens is 356 g/mol. The van der Waals surface area contributed by atoms with Gasteiger partial charge in [-0.05, 0) is 19.1 Å². The van der Waals surface area contributed by atoms with Gasteiger partial charge in [0, 0.05) is 12.1 Å². The van der Waals surface area contributed by atoms with Crippen LogP contribution in [0.25, 0.3) is 11.4 Å². The summed E-state index contributed by atoms with van der Waals surface area (Å²) in [4.78, 5) is 12.2. The van der Waals surface area contributed by atoms with Crippen LogP contribution in [0.5, 0.6) is 0 Å². The molecule has 0 aliphatic rings. The molecule has 0 fully saturated rings. The predicted octanol–water partition coefficient (Wildman–Crippen LogP) is 4.35. The number of para-hydroxylation sites is 1. The summed E-state index contributed by atoms with van der Waals surface area (Å²) in [6.07, 6.45) is 0. The van der Waals surface area contributed by atoms with Crippen LogP contribution in [0.2, 0.25) is 5.02 Å². The summed E-state index contributed by atoms with van der Waals surface area (Å²) in [6.45, 7) is 2.76. The van der Waals surface area contributed by atoms with Crippen LogP contribution < -0.4 is 5.32 Å². The highest BCUT2D eigenvalue weighted by Crippen LogP contribution is 2.25. The first-order chi connectivity index (χ1) is 12.2. The highest BCUT2D eigenvalue weighted by Gasteiger charge is 2.14. The van der Waals surface area contributed by atoms with Gasteiger partial charge in [0.2, 0.25) is 5.91 Å². The fourth-order valence-corrected chi connectivity index (χ4v) is 3.35. The lowest BCUT2D eigenvalue weighted by Gasteiger charge is -2.08. The van der Waals surface area contributed by atoms with Crippen LogP contribution >= 0.6 is 23.4 Å². The number of anilines is 1. The second-order valence-electron chi connectivity index (χ2n) is 5.23. The third-order valence-corrected chi connectivity index (χ3v) is 4.84. The average Bonchev–Trinajstić information content (AvgIpc) is 3.05. The number of aromatic nitrogens is 3. The zero-order valence-corrected chi connectivity index (χ0v) is 15.2. The molecule has 1 N–H and O–H groups in total. The lowest BCUT2D eigenvalue weighted by atomic mass is 10.2. The van der Waals surface area contributed by atoms with Crippen molar-refractivity contribution < 1.29 is 4.79 Å². The van der Waals surface area contributed by atoms with Gasteiger partial charge in [-0.1, -0.05) is 65.8 Å². The Morgan fingerprint density at radius 1 is 1.12 bits per heavy atom. The quantitative estimate of drug-likeness (QED) is 0.653. The van der Waals surface area contributed by atoms with Gasteiger partial charge in [0.25, 0.3) is 0 Å². The van der Waals surface area contributed by atoms with Crippen LogP contribution in [-0.4, -0.2) is 26.4 Å². The number of halogens is 1. The molecule has 3 aromatic rings. The number of carbonyl (C=O) groups excluding carboxylic acids is 1. The first-order valence-corrected chi connectivity index (χ1v) is 9.21.